The fourth-order valence-electron chi connectivity index (χ4n) is 0.258. The summed E-state index contributed by atoms with van der Waals surface area (Å²) in [5.41, 5.74) is 0. The number of aliphatic hydroxyl groups excluding tert-OH is 1. The normalized spacial score (nSPS) is 7.71. The molecule has 0 aromatic rings. The second kappa shape index (κ2) is 13.9. The maximum Gasteiger partial charge on any atom is 0.291 e. The van der Waals surface area contributed by atoms with Crippen molar-refractivity contribution in [2.24, 2.45) is 0 Å². The number of hydrogen-bond donors (Lipinski definition) is 4. The van der Waals surface area contributed by atoms with Gasteiger partial charge >= 0.3 is 0 Å². The Labute approximate surface area is 78.2 Å². The lowest BCUT2D eigenvalue weighted by molar-refractivity contribution is -0.742. The molecule has 0 saturated carbocycles. The average molecular weight is 216 g/mol. The number of hydrogen-bond acceptors (Lipinski definition) is 6. The van der Waals surface area contributed by atoms with Crippen LogP contribution < -0.4 is 0 Å². The Morgan fingerprint density at radius 2 is 1.36 bits per heavy atom. The molecule has 0 aromatic carbocycles. The summed E-state index contributed by atoms with van der Waals surface area (Å²) < 4.78 is 0. The van der Waals surface area contributed by atoms with Crippen LogP contribution in [0.4, 0.5) is 0 Å². The molecule has 0 saturated heterocycles. The Morgan fingerprint density at radius 1 is 1.14 bits per heavy atom. The molecule has 14 heavy (non-hydrogen) atoms. The maximum absolute atomic E-state index is 8.36. The largest absolute Gasteiger partial charge is 0.368 e. The monoisotopic (exact) mass is 216 g/mol. The van der Waals surface area contributed by atoms with Crippen molar-refractivity contribution < 1.29 is 30.8 Å². The topological polar surface area (TPSA) is 167 Å². The number of aliphatic hydroxyl groups is 2. The third-order valence-electron chi connectivity index (χ3n) is 0.547. The van der Waals surface area contributed by atoms with Gasteiger partial charge in [-0.2, -0.15) is 0 Å². The van der Waals surface area contributed by atoms with Gasteiger partial charge in [0.1, 0.15) is 0 Å². The predicted octanol–water partition coefficient (Wildman–Crippen LogP) is -0.598. The van der Waals surface area contributed by atoms with Crippen LogP contribution in [0.2, 0.25) is 0 Å². The SMILES string of the molecule is CCCC(O)O.O=[N+]([O-])O.O=[N+]([O-])O. The van der Waals surface area contributed by atoms with Gasteiger partial charge in [-0.1, -0.05) is 13.3 Å². The van der Waals surface area contributed by atoms with Gasteiger partial charge in [0.05, 0.1) is 0 Å². The minimum atomic E-state index is -1.50. The van der Waals surface area contributed by atoms with E-state index in [0.717, 1.165) is 6.42 Å². The van der Waals surface area contributed by atoms with E-state index in [-0.39, 0.29) is 0 Å². The fourth-order valence-corrected chi connectivity index (χ4v) is 0.258. The second-order valence-electron chi connectivity index (χ2n) is 1.74. The highest BCUT2D eigenvalue weighted by Gasteiger charge is 1.89. The van der Waals surface area contributed by atoms with Crippen LogP contribution in [-0.4, -0.2) is 37.1 Å². The number of nitrogens with zero attached hydrogens (tertiary/aromatic N) is 2. The van der Waals surface area contributed by atoms with Crippen molar-refractivity contribution >= 4 is 0 Å². The summed E-state index contributed by atoms with van der Waals surface area (Å²) in [6.45, 7) is 1.90. The third kappa shape index (κ3) is 514. The molecule has 4 N–H and O–H groups in total. The van der Waals surface area contributed by atoms with E-state index in [1.807, 2.05) is 6.92 Å². The van der Waals surface area contributed by atoms with E-state index in [9.17, 15) is 0 Å². The first-order valence-corrected chi connectivity index (χ1v) is 3.26. The van der Waals surface area contributed by atoms with Gasteiger partial charge in [-0.3, -0.25) is 0 Å². The molecule has 0 aromatic heterocycles. The van der Waals surface area contributed by atoms with Crippen molar-refractivity contribution in [1.82, 2.24) is 0 Å². The minimum Gasteiger partial charge on any atom is -0.368 e. The van der Waals surface area contributed by atoms with Gasteiger partial charge in [-0.25, -0.2) is 0 Å². The minimum absolute atomic E-state index is 0.486. The molecule has 0 aliphatic rings. The first-order chi connectivity index (χ1) is 6.23. The highest BCUT2D eigenvalue weighted by atomic mass is 16.9. The molecule has 0 spiro atoms. The molecule has 0 bridgehead atoms. The Kier molecular flexibility index (Phi) is 18.0. The fraction of sp³-hybridized carbons (Fsp3) is 1.00. The van der Waals surface area contributed by atoms with E-state index < -0.39 is 16.5 Å². The van der Waals surface area contributed by atoms with Crippen LogP contribution in [0.25, 0.3) is 0 Å². The first kappa shape index (κ1) is 18.2. The maximum atomic E-state index is 8.36. The van der Waals surface area contributed by atoms with E-state index in [0.29, 0.717) is 6.42 Å². The van der Waals surface area contributed by atoms with Crippen LogP contribution in [0.3, 0.4) is 0 Å². The van der Waals surface area contributed by atoms with Crippen LogP contribution in [0.1, 0.15) is 19.8 Å². The van der Waals surface area contributed by atoms with Crippen LogP contribution >= 0.6 is 0 Å². The van der Waals surface area contributed by atoms with Crippen LogP contribution in [0.15, 0.2) is 0 Å². The molecule has 0 heterocycles. The summed E-state index contributed by atoms with van der Waals surface area (Å²) >= 11 is 0. The van der Waals surface area contributed by atoms with Crippen molar-refractivity contribution in [3.8, 4) is 0 Å². The lowest BCUT2D eigenvalue weighted by Gasteiger charge is -1.94. The molecule has 0 atom stereocenters. The quantitative estimate of drug-likeness (QED) is 0.269. The van der Waals surface area contributed by atoms with Crippen molar-refractivity contribution in [2.45, 2.75) is 26.1 Å². The first-order valence-electron chi connectivity index (χ1n) is 3.26. The van der Waals surface area contributed by atoms with Crippen molar-refractivity contribution in [2.75, 3.05) is 0 Å². The van der Waals surface area contributed by atoms with Gasteiger partial charge in [-0.15, -0.1) is 20.2 Å². The van der Waals surface area contributed by atoms with Gasteiger partial charge in [0, 0.05) is 0 Å². The highest BCUT2D eigenvalue weighted by Crippen LogP contribution is 1.88. The number of rotatable bonds is 2. The van der Waals surface area contributed by atoms with E-state index in [4.69, 9.17) is 40.9 Å². The van der Waals surface area contributed by atoms with E-state index >= 15 is 0 Å². The summed E-state index contributed by atoms with van der Waals surface area (Å²) in [5, 5.41) is 43.5. The molecular weight excluding hydrogens is 204 g/mol. The summed E-state index contributed by atoms with van der Waals surface area (Å²) in [7, 11) is 0. The molecule has 0 aliphatic carbocycles. The molecule has 0 aliphatic heterocycles. The van der Waals surface area contributed by atoms with Crippen LogP contribution in [0.5, 0.6) is 0 Å². The van der Waals surface area contributed by atoms with E-state index in [1.165, 1.54) is 0 Å². The lowest BCUT2D eigenvalue weighted by atomic mass is 10.3. The van der Waals surface area contributed by atoms with Crippen LogP contribution in [-0.2, 0) is 0 Å². The van der Waals surface area contributed by atoms with Gasteiger partial charge in [0.15, 0.2) is 6.29 Å². The smallest absolute Gasteiger partial charge is 0.291 e. The molecule has 0 radical (unpaired) electrons. The standard InChI is InChI=1S/C4H10O2.2HNO3/c1-2-3-4(5)6;2*2-1(3)4/h4-6H,2-3H2,1H3;2*(H,2,3,4). The predicted molar refractivity (Wildman–Crippen MR) is 40.7 cm³/mol. The van der Waals surface area contributed by atoms with Gasteiger partial charge in [0.25, 0.3) is 10.2 Å². The summed E-state index contributed by atoms with van der Waals surface area (Å²) in [6.07, 6.45) is 0.215. The Balaban J connectivity index is -0.000000135. The second-order valence-corrected chi connectivity index (χ2v) is 1.74. The lowest BCUT2D eigenvalue weighted by Crippen LogP contribution is -2.01. The van der Waals surface area contributed by atoms with Gasteiger partial charge < -0.3 is 20.6 Å². The molecule has 0 unspecified atom stereocenters. The zero-order chi connectivity index (χ0) is 12.1. The molecule has 0 amide bonds. The van der Waals surface area contributed by atoms with Crippen molar-refractivity contribution in [3.05, 3.63) is 20.2 Å². The molecular formula is C4H12N2O8. The summed E-state index contributed by atoms with van der Waals surface area (Å²) in [6, 6.07) is 0. The van der Waals surface area contributed by atoms with Crippen LogP contribution in [0, 0.1) is 20.2 Å². The van der Waals surface area contributed by atoms with Crippen molar-refractivity contribution in [1.29, 1.82) is 0 Å². The molecule has 10 heteroatoms. The average Bonchev–Trinajstić information content (AvgIpc) is 1.82. The molecule has 0 rings (SSSR count). The Bertz CT molecular complexity index is 128. The summed E-state index contributed by atoms with van der Waals surface area (Å²) in [5.74, 6) is 0. The Hall–Kier alpha value is -1.68. The third-order valence-corrected chi connectivity index (χ3v) is 0.547. The summed E-state index contributed by atoms with van der Waals surface area (Å²) in [4.78, 5) is 16.7. The molecule has 10 nitrogen and oxygen atoms in total. The molecule has 0 fully saturated rings. The highest BCUT2D eigenvalue weighted by molar-refractivity contribution is 4.31. The molecule has 86 valence electrons. The zero-order valence-electron chi connectivity index (χ0n) is 7.31. The Morgan fingerprint density at radius 3 is 1.36 bits per heavy atom. The van der Waals surface area contributed by atoms with Gasteiger partial charge in [0.2, 0.25) is 0 Å². The van der Waals surface area contributed by atoms with Crippen molar-refractivity contribution in [3.63, 3.8) is 0 Å². The zero-order valence-corrected chi connectivity index (χ0v) is 7.31. The van der Waals surface area contributed by atoms with E-state index in [1.54, 1.807) is 0 Å². The van der Waals surface area contributed by atoms with Gasteiger partial charge in [-0.05, 0) is 6.42 Å². The van der Waals surface area contributed by atoms with E-state index in [2.05, 4.69) is 0 Å².